The van der Waals surface area contributed by atoms with E-state index in [-0.39, 0.29) is 19.1 Å². The summed E-state index contributed by atoms with van der Waals surface area (Å²) in [5, 5.41) is 16.8. The van der Waals surface area contributed by atoms with Crippen molar-refractivity contribution in [2.24, 2.45) is 5.41 Å². The minimum Gasteiger partial charge on any atom is -0.491 e. The number of carbonyl (C=O) groups excluding carboxylic acids is 2. The minimum absolute atomic E-state index is 0.111. The lowest BCUT2D eigenvalue weighted by Crippen LogP contribution is -2.29. The summed E-state index contributed by atoms with van der Waals surface area (Å²) in [5.74, 6) is 0.291. The molecule has 8 heteroatoms. The molecule has 0 saturated carbocycles. The molecule has 42 heavy (non-hydrogen) atoms. The van der Waals surface area contributed by atoms with Crippen LogP contribution in [0.4, 0.5) is 21.9 Å². The second kappa shape index (κ2) is 14.2. The van der Waals surface area contributed by atoms with Gasteiger partial charge in [-0.15, -0.1) is 0 Å². The van der Waals surface area contributed by atoms with Crippen molar-refractivity contribution < 1.29 is 24.2 Å². The molecule has 8 nitrogen and oxygen atoms in total. The van der Waals surface area contributed by atoms with E-state index in [1.807, 2.05) is 74.5 Å². The van der Waals surface area contributed by atoms with Gasteiger partial charge in [0, 0.05) is 10.8 Å². The number of hydrogen-bond donors (Lipinski definition) is 4. The highest BCUT2D eigenvalue weighted by molar-refractivity contribution is 6.01. The number of para-hydroxylation sites is 2. The summed E-state index contributed by atoms with van der Waals surface area (Å²) in [7, 11) is 0. The van der Waals surface area contributed by atoms with Gasteiger partial charge in [0.25, 0.3) is 0 Å². The molecule has 2 amide bonds. The van der Waals surface area contributed by atoms with E-state index in [0.29, 0.717) is 35.7 Å². The summed E-state index contributed by atoms with van der Waals surface area (Å²) in [6, 6.07) is 27.9. The lowest BCUT2D eigenvalue weighted by Gasteiger charge is -2.34. The number of allylic oxidation sites excluding steroid dienone is 1. The molecule has 0 heterocycles. The third kappa shape index (κ3) is 8.11. The third-order valence-corrected chi connectivity index (χ3v) is 6.93. The number of aliphatic hydroxyl groups is 1. The standard InChI is InChI=1S/C34H37N3O5/c1-34(2,20-8-7-19-31(39)36-30-17-6-5-16-28(30)35)32(25-13-9-14-26(23-25)41-22-21-38)42-33(40)37-29-18-10-12-24-11-3-4-15-27(24)29/h3-7,9-19,23,32,38H,8,20-22,35H2,1-2H3,(H,36,39)(H,37,40)/b19-7+/t32-/m1/s1. The number of nitrogen functional groups attached to an aromatic ring is 1. The van der Waals surface area contributed by atoms with Gasteiger partial charge in [0.2, 0.25) is 5.91 Å². The summed E-state index contributed by atoms with van der Waals surface area (Å²) in [6.07, 6.45) is 3.23. The van der Waals surface area contributed by atoms with Crippen molar-refractivity contribution >= 4 is 39.8 Å². The number of hydrogen-bond acceptors (Lipinski definition) is 6. The number of carbonyl (C=O) groups is 2. The Labute approximate surface area is 246 Å². The topological polar surface area (TPSA) is 123 Å². The van der Waals surface area contributed by atoms with Gasteiger partial charge in [-0.25, -0.2) is 4.79 Å². The van der Waals surface area contributed by atoms with Gasteiger partial charge in [0.05, 0.1) is 23.7 Å². The van der Waals surface area contributed by atoms with E-state index in [9.17, 15) is 14.7 Å². The fourth-order valence-electron chi connectivity index (χ4n) is 4.75. The molecule has 4 aromatic carbocycles. The van der Waals surface area contributed by atoms with E-state index in [2.05, 4.69) is 10.6 Å². The average Bonchev–Trinajstić information content (AvgIpc) is 2.98. The SMILES string of the molecule is CC(C)(CC/C=C/C(=O)Nc1ccccc1N)[C@H](OC(=O)Nc1cccc2ccccc12)c1cccc(OCCO)c1. The number of fused-ring (bicyclic) bond motifs is 1. The highest BCUT2D eigenvalue weighted by Crippen LogP contribution is 2.41. The number of nitrogens with two attached hydrogens (primary N) is 1. The highest BCUT2D eigenvalue weighted by atomic mass is 16.6. The molecule has 4 rings (SSSR count). The van der Waals surface area contributed by atoms with Crippen molar-refractivity contribution in [3.8, 4) is 5.75 Å². The largest absolute Gasteiger partial charge is 0.491 e. The van der Waals surface area contributed by atoms with Gasteiger partial charge in [-0.1, -0.05) is 80.6 Å². The fraction of sp³-hybridized carbons (Fsp3) is 0.235. The first-order valence-corrected chi connectivity index (χ1v) is 13.9. The second-order valence-corrected chi connectivity index (χ2v) is 10.6. The molecule has 0 unspecified atom stereocenters. The monoisotopic (exact) mass is 567 g/mol. The van der Waals surface area contributed by atoms with Crippen molar-refractivity contribution in [3.05, 3.63) is 109 Å². The molecular weight excluding hydrogens is 530 g/mol. The van der Waals surface area contributed by atoms with Gasteiger partial charge in [0.1, 0.15) is 18.5 Å². The Bertz CT molecular complexity index is 1540. The minimum atomic E-state index is -0.642. The molecule has 0 aliphatic carbocycles. The number of ether oxygens (including phenoxy) is 2. The van der Waals surface area contributed by atoms with E-state index >= 15 is 0 Å². The Morgan fingerprint density at radius 1 is 0.929 bits per heavy atom. The molecular formula is C34H37N3O5. The zero-order chi connectivity index (χ0) is 30.0. The van der Waals surface area contributed by atoms with E-state index in [0.717, 1.165) is 16.3 Å². The molecule has 0 bridgehead atoms. The van der Waals surface area contributed by atoms with Gasteiger partial charge in [0.15, 0.2) is 0 Å². The zero-order valence-corrected chi connectivity index (χ0v) is 23.9. The predicted molar refractivity (Wildman–Crippen MR) is 167 cm³/mol. The summed E-state index contributed by atoms with van der Waals surface area (Å²) < 4.78 is 11.7. The molecule has 0 aliphatic rings. The van der Waals surface area contributed by atoms with Crippen LogP contribution in [0.5, 0.6) is 5.75 Å². The Morgan fingerprint density at radius 3 is 2.45 bits per heavy atom. The van der Waals surface area contributed by atoms with Crippen LogP contribution in [0.3, 0.4) is 0 Å². The molecule has 1 atom stereocenters. The number of nitrogens with one attached hydrogen (secondary N) is 2. The van der Waals surface area contributed by atoms with Crippen LogP contribution in [0.1, 0.15) is 38.4 Å². The van der Waals surface area contributed by atoms with Gasteiger partial charge in [-0.2, -0.15) is 0 Å². The molecule has 0 fully saturated rings. The van der Waals surface area contributed by atoms with Crippen molar-refractivity contribution in [1.29, 1.82) is 0 Å². The molecule has 0 radical (unpaired) electrons. The Hall–Kier alpha value is -4.82. The molecule has 218 valence electrons. The first kappa shape index (κ1) is 30.1. The van der Waals surface area contributed by atoms with Crippen LogP contribution in [-0.2, 0) is 9.53 Å². The lowest BCUT2D eigenvalue weighted by molar-refractivity contribution is -0.111. The van der Waals surface area contributed by atoms with Crippen LogP contribution in [0.15, 0.2) is 103 Å². The summed E-state index contributed by atoms with van der Waals surface area (Å²) in [4.78, 5) is 25.7. The average molecular weight is 568 g/mol. The molecule has 5 N–H and O–H groups in total. The van der Waals surface area contributed by atoms with Gasteiger partial charge < -0.3 is 25.6 Å². The smallest absolute Gasteiger partial charge is 0.412 e. The van der Waals surface area contributed by atoms with Gasteiger partial charge in [-0.05, 0) is 60.2 Å². The van der Waals surface area contributed by atoms with E-state index in [1.165, 1.54) is 6.08 Å². The van der Waals surface area contributed by atoms with E-state index < -0.39 is 17.6 Å². The van der Waals surface area contributed by atoms with Crippen LogP contribution < -0.4 is 21.1 Å². The third-order valence-electron chi connectivity index (χ3n) is 6.93. The Morgan fingerprint density at radius 2 is 1.64 bits per heavy atom. The quantitative estimate of drug-likeness (QED) is 0.107. The van der Waals surface area contributed by atoms with Crippen LogP contribution in [0, 0.1) is 5.41 Å². The lowest BCUT2D eigenvalue weighted by atomic mass is 9.78. The summed E-state index contributed by atoms with van der Waals surface area (Å²) in [5.41, 5.74) is 7.84. The maximum Gasteiger partial charge on any atom is 0.412 e. The van der Waals surface area contributed by atoms with Crippen LogP contribution in [-0.4, -0.2) is 30.3 Å². The van der Waals surface area contributed by atoms with E-state index in [1.54, 1.807) is 36.4 Å². The summed E-state index contributed by atoms with van der Waals surface area (Å²) >= 11 is 0. The molecule has 4 aromatic rings. The van der Waals surface area contributed by atoms with Crippen LogP contribution in [0.25, 0.3) is 10.8 Å². The number of aliphatic hydroxyl groups excluding tert-OH is 1. The van der Waals surface area contributed by atoms with Crippen molar-refractivity contribution in [2.75, 3.05) is 29.6 Å². The molecule has 0 aliphatic heterocycles. The van der Waals surface area contributed by atoms with Crippen LogP contribution in [0.2, 0.25) is 0 Å². The van der Waals surface area contributed by atoms with Crippen molar-refractivity contribution in [3.63, 3.8) is 0 Å². The number of rotatable bonds is 12. The number of anilines is 3. The predicted octanol–water partition coefficient (Wildman–Crippen LogP) is 7.08. The van der Waals surface area contributed by atoms with Crippen molar-refractivity contribution in [2.45, 2.75) is 32.8 Å². The zero-order valence-electron chi connectivity index (χ0n) is 23.9. The Kier molecular flexibility index (Phi) is 10.2. The molecule has 0 saturated heterocycles. The molecule has 0 spiro atoms. The Balaban J connectivity index is 1.49. The fourth-order valence-corrected chi connectivity index (χ4v) is 4.75. The highest BCUT2D eigenvalue weighted by Gasteiger charge is 2.34. The van der Waals surface area contributed by atoms with Gasteiger partial charge in [-0.3, -0.25) is 10.1 Å². The van der Waals surface area contributed by atoms with Crippen LogP contribution >= 0.6 is 0 Å². The first-order chi connectivity index (χ1) is 20.3. The maximum absolute atomic E-state index is 13.3. The number of amides is 2. The van der Waals surface area contributed by atoms with Crippen molar-refractivity contribution in [1.82, 2.24) is 0 Å². The normalized spacial score (nSPS) is 12.2. The van der Waals surface area contributed by atoms with E-state index in [4.69, 9.17) is 15.2 Å². The van der Waals surface area contributed by atoms with Gasteiger partial charge >= 0.3 is 6.09 Å². The number of benzene rings is 4. The second-order valence-electron chi connectivity index (χ2n) is 10.6. The summed E-state index contributed by atoms with van der Waals surface area (Å²) in [6.45, 7) is 4.08. The maximum atomic E-state index is 13.3. The molecule has 0 aromatic heterocycles. The first-order valence-electron chi connectivity index (χ1n) is 13.9.